The van der Waals surface area contributed by atoms with Crippen molar-refractivity contribution in [1.29, 1.82) is 0 Å². The second-order valence-electron chi connectivity index (χ2n) is 9.36. The Hall–Kier alpha value is -3.81. The highest BCUT2D eigenvalue weighted by Crippen LogP contribution is 2.35. The molecule has 0 bridgehead atoms. The van der Waals surface area contributed by atoms with Crippen LogP contribution in [0.5, 0.6) is 0 Å². The van der Waals surface area contributed by atoms with E-state index in [9.17, 15) is 14.4 Å². The third-order valence-electron chi connectivity index (χ3n) is 6.87. The maximum absolute atomic E-state index is 13.8. The molecule has 182 valence electrons. The largest absolute Gasteiger partial charge is 0.467 e. The number of para-hydroxylation sites is 1. The fraction of sp³-hybridized carbons (Fsp3) is 0.370. The van der Waals surface area contributed by atoms with Crippen LogP contribution in [0.4, 0.5) is 0 Å². The van der Waals surface area contributed by atoms with E-state index in [0.717, 1.165) is 19.3 Å². The zero-order chi connectivity index (χ0) is 24.5. The first kappa shape index (κ1) is 23.0. The molecule has 2 aliphatic rings. The third-order valence-corrected chi connectivity index (χ3v) is 6.87. The van der Waals surface area contributed by atoms with Crippen molar-refractivity contribution >= 4 is 17.4 Å². The number of benzene rings is 1. The molecular formula is C27H30N4O4. The number of aryl methyl sites for hydroxylation is 1. The van der Waals surface area contributed by atoms with Crippen LogP contribution in [0.2, 0.25) is 0 Å². The molecule has 8 heteroatoms. The number of nitrogens with one attached hydrogen (secondary N) is 1. The third kappa shape index (κ3) is 4.13. The van der Waals surface area contributed by atoms with Gasteiger partial charge in [0.15, 0.2) is 0 Å². The molecule has 0 aliphatic carbocycles. The van der Waals surface area contributed by atoms with E-state index in [-0.39, 0.29) is 23.6 Å². The summed E-state index contributed by atoms with van der Waals surface area (Å²) in [6, 6.07) is 12.7. The first-order chi connectivity index (χ1) is 17.0. The molecule has 35 heavy (non-hydrogen) atoms. The predicted octanol–water partition coefficient (Wildman–Crippen LogP) is 3.72. The molecule has 3 aromatic rings. The van der Waals surface area contributed by atoms with E-state index in [1.165, 1.54) is 15.8 Å². The molecule has 8 nitrogen and oxygen atoms in total. The average Bonchev–Trinajstić information content (AvgIpc) is 3.55. The second kappa shape index (κ2) is 9.44. The zero-order valence-electron chi connectivity index (χ0n) is 20.1. The summed E-state index contributed by atoms with van der Waals surface area (Å²) in [7, 11) is 0. The van der Waals surface area contributed by atoms with Crippen LogP contribution in [-0.4, -0.2) is 44.5 Å². The van der Waals surface area contributed by atoms with Gasteiger partial charge in [-0.25, -0.2) is 4.68 Å². The van der Waals surface area contributed by atoms with Gasteiger partial charge in [-0.3, -0.25) is 24.4 Å². The number of hydrogen-bond donors (Lipinski definition) is 1. The molecule has 1 fully saturated rings. The van der Waals surface area contributed by atoms with Gasteiger partial charge in [0.2, 0.25) is 0 Å². The smallest absolute Gasteiger partial charge is 0.279 e. The maximum atomic E-state index is 13.8. The molecule has 2 aliphatic heterocycles. The number of H-pyrrole nitrogens is 1. The van der Waals surface area contributed by atoms with Gasteiger partial charge in [0, 0.05) is 18.8 Å². The average molecular weight is 475 g/mol. The van der Waals surface area contributed by atoms with Gasteiger partial charge < -0.3 is 9.32 Å². The monoisotopic (exact) mass is 474 g/mol. The molecule has 0 atom stereocenters. The standard InChI is InChI=1S/C27H30N4O4/c1-3-8-21-22(26(33)31(28-21)19-9-5-4-6-10-19)23-24(29-14-12-18(2)13-15-29)27(34)30(25(23)32)17-20-11-7-16-35-20/h4-7,9-11,16,18,28H,3,8,12-15,17H2,1-2H3. The van der Waals surface area contributed by atoms with Crippen LogP contribution in [0.15, 0.2) is 63.6 Å². The number of furan rings is 1. The maximum Gasteiger partial charge on any atom is 0.279 e. The number of aromatic amines is 1. The van der Waals surface area contributed by atoms with Crippen molar-refractivity contribution in [2.75, 3.05) is 13.1 Å². The summed E-state index contributed by atoms with van der Waals surface area (Å²) in [5, 5.41) is 3.22. The topological polar surface area (TPSA) is 91.6 Å². The Morgan fingerprint density at radius 1 is 1.00 bits per heavy atom. The van der Waals surface area contributed by atoms with Crippen LogP contribution >= 0.6 is 0 Å². The highest BCUT2D eigenvalue weighted by Gasteiger charge is 2.44. The molecule has 2 amide bonds. The number of rotatable bonds is 7. The van der Waals surface area contributed by atoms with Gasteiger partial charge in [0.05, 0.1) is 29.6 Å². The van der Waals surface area contributed by atoms with E-state index >= 15 is 0 Å². The van der Waals surface area contributed by atoms with E-state index in [4.69, 9.17) is 4.42 Å². The highest BCUT2D eigenvalue weighted by atomic mass is 16.3. The Kier molecular flexibility index (Phi) is 6.19. The number of nitrogens with zero attached hydrogens (tertiary/aromatic N) is 3. The summed E-state index contributed by atoms with van der Waals surface area (Å²) in [4.78, 5) is 44.5. The lowest BCUT2D eigenvalue weighted by atomic mass is 9.97. The first-order valence-corrected chi connectivity index (χ1v) is 12.3. The minimum Gasteiger partial charge on any atom is -0.467 e. The van der Waals surface area contributed by atoms with E-state index in [1.54, 1.807) is 12.1 Å². The molecular weight excluding hydrogens is 444 g/mol. The van der Waals surface area contributed by atoms with Crippen molar-refractivity contribution in [3.8, 4) is 5.69 Å². The number of amides is 2. The van der Waals surface area contributed by atoms with Crippen molar-refractivity contribution < 1.29 is 14.0 Å². The summed E-state index contributed by atoms with van der Waals surface area (Å²) in [6.07, 6.45) is 4.74. The van der Waals surface area contributed by atoms with E-state index < -0.39 is 5.91 Å². The Labute approximate surface area is 203 Å². The van der Waals surface area contributed by atoms with Crippen LogP contribution in [0.25, 0.3) is 11.3 Å². The van der Waals surface area contributed by atoms with Crippen molar-refractivity contribution in [1.82, 2.24) is 19.6 Å². The minimum absolute atomic E-state index is 0.0301. The fourth-order valence-corrected chi connectivity index (χ4v) is 4.95. The number of hydrogen-bond acceptors (Lipinski definition) is 5. The summed E-state index contributed by atoms with van der Waals surface area (Å²) in [5.41, 5.74) is 1.86. The normalized spacial score (nSPS) is 17.2. The van der Waals surface area contributed by atoms with Gasteiger partial charge in [0.25, 0.3) is 17.4 Å². The Morgan fingerprint density at radius 2 is 1.74 bits per heavy atom. The van der Waals surface area contributed by atoms with Crippen LogP contribution in [-0.2, 0) is 22.6 Å². The molecule has 0 unspecified atom stereocenters. The second-order valence-corrected chi connectivity index (χ2v) is 9.36. The predicted molar refractivity (Wildman–Crippen MR) is 132 cm³/mol. The van der Waals surface area contributed by atoms with Gasteiger partial charge in [-0.15, -0.1) is 0 Å². The summed E-state index contributed by atoms with van der Waals surface area (Å²) >= 11 is 0. The molecule has 2 aromatic heterocycles. The number of piperidine rings is 1. The van der Waals surface area contributed by atoms with E-state index in [2.05, 4.69) is 12.0 Å². The van der Waals surface area contributed by atoms with Gasteiger partial charge in [0.1, 0.15) is 11.5 Å². The van der Waals surface area contributed by atoms with Crippen molar-refractivity contribution in [2.24, 2.45) is 5.92 Å². The Bertz CT molecular complexity index is 1310. The number of carbonyl (C=O) groups excluding carboxylic acids is 2. The van der Waals surface area contributed by atoms with Gasteiger partial charge in [-0.05, 0) is 49.4 Å². The quantitative estimate of drug-likeness (QED) is 0.527. The number of aromatic nitrogens is 2. The minimum atomic E-state index is -0.450. The van der Waals surface area contributed by atoms with E-state index in [1.807, 2.05) is 42.2 Å². The van der Waals surface area contributed by atoms with Gasteiger partial charge >= 0.3 is 0 Å². The molecule has 1 saturated heterocycles. The van der Waals surface area contributed by atoms with Crippen LogP contribution in [0.3, 0.4) is 0 Å². The van der Waals surface area contributed by atoms with Crippen LogP contribution in [0, 0.1) is 5.92 Å². The zero-order valence-corrected chi connectivity index (χ0v) is 20.1. The SMILES string of the molecule is CCCc1[nH]n(-c2ccccc2)c(=O)c1C1=C(N2CCC(C)CC2)C(=O)N(Cc2ccco2)C1=O. The van der Waals surface area contributed by atoms with Gasteiger partial charge in [-0.1, -0.05) is 38.5 Å². The molecule has 1 N–H and O–H groups in total. The molecule has 4 heterocycles. The molecule has 0 saturated carbocycles. The lowest BCUT2D eigenvalue weighted by molar-refractivity contribution is -0.138. The summed E-state index contributed by atoms with van der Waals surface area (Å²) < 4.78 is 6.89. The number of likely N-dealkylation sites (tertiary alicyclic amines) is 1. The van der Waals surface area contributed by atoms with Crippen molar-refractivity contribution in [3.05, 3.63) is 81.8 Å². The summed E-state index contributed by atoms with van der Waals surface area (Å²) in [5.74, 6) is 0.253. The highest BCUT2D eigenvalue weighted by molar-refractivity contribution is 6.35. The lowest BCUT2D eigenvalue weighted by Gasteiger charge is -2.32. The Balaban J connectivity index is 1.66. The molecule has 5 rings (SSSR count). The number of carbonyl (C=O) groups is 2. The van der Waals surface area contributed by atoms with Crippen molar-refractivity contribution in [2.45, 2.75) is 46.1 Å². The number of imide groups is 1. The van der Waals surface area contributed by atoms with E-state index in [0.29, 0.717) is 53.8 Å². The molecule has 0 spiro atoms. The lowest BCUT2D eigenvalue weighted by Crippen LogP contribution is -2.38. The molecule has 0 radical (unpaired) electrons. The fourth-order valence-electron chi connectivity index (χ4n) is 4.95. The van der Waals surface area contributed by atoms with Crippen molar-refractivity contribution in [3.63, 3.8) is 0 Å². The Morgan fingerprint density at radius 3 is 2.40 bits per heavy atom. The van der Waals surface area contributed by atoms with Crippen LogP contribution < -0.4 is 5.56 Å². The van der Waals surface area contributed by atoms with Gasteiger partial charge in [-0.2, -0.15) is 0 Å². The molecule has 1 aromatic carbocycles. The summed E-state index contributed by atoms with van der Waals surface area (Å²) in [6.45, 7) is 5.60. The first-order valence-electron chi connectivity index (χ1n) is 12.3. The van der Waals surface area contributed by atoms with Crippen LogP contribution in [0.1, 0.15) is 50.1 Å².